The van der Waals surface area contributed by atoms with Crippen LogP contribution in [0, 0.1) is 0 Å². The van der Waals surface area contributed by atoms with Crippen molar-refractivity contribution in [3.8, 4) is 5.75 Å². The maximum Gasteiger partial charge on any atom is 0.142 e. The number of hydrogen-bond donors (Lipinski definition) is 1. The molecule has 0 atom stereocenters. The molecule has 2 aromatic carbocycles. The fraction of sp³-hybridized carbons (Fsp3) is 0.200. The van der Waals surface area contributed by atoms with E-state index in [0.29, 0.717) is 0 Å². The summed E-state index contributed by atoms with van der Waals surface area (Å²) in [6, 6.07) is 14.1. The summed E-state index contributed by atoms with van der Waals surface area (Å²) in [6.45, 7) is 2.47. The van der Waals surface area contributed by atoms with Crippen molar-refractivity contribution in [1.82, 2.24) is 0 Å². The summed E-state index contributed by atoms with van der Waals surface area (Å²) in [7, 11) is 0. The monoisotopic (exact) mass is 318 g/mol. The van der Waals surface area contributed by atoms with E-state index in [-0.39, 0.29) is 0 Å². The van der Waals surface area contributed by atoms with E-state index < -0.39 is 0 Å². The van der Waals surface area contributed by atoms with Crippen molar-refractivity contribution >= 4 is 27.3 Å². The molecule has 19 heavy (non-hydrogen) atoms. The Morgan fingerprint density at radius 2 is 2.05 bits per heavy atom. The Labute approximate surface area is 121 Å². The third kappa shape index (κ3) is 2.54. The number of nitrogens with zero attached hydrogens (tertiary/aromatic N) is 1. The molecule has 0 bridgehead atoms. The Morgan fingerprint density at radius 1 is 1.21 bits per heavy atom. The van der Waals surface area contributed by atoms with Gasteiger partial charge in [-0.05, 0) is 29.8 Å². The second-order valence-corrected chi connectivity index (χ2v) is 5.44. The lowest BCUT2D eigenvalue weighted by molar-refractivity contribution is 0.307. The van der Waals surface area contributed by atoms with Gasteiger partial charge in [-0.1, -0.05) is 34.1 Å². The van der Waals surface area contributed by atoms with Gasteiger partial charge in [0, 0.05) is 16.7 Å². The van der Waals surface area contributed by atoms with Crippen LogP contribution < -0.4 is 15.4 Å². The molecule has 0 aromatic heterocycles. The largest absolute Gasteiger partial charge is 0.490 e. The Bertz CT molecular complexity index is 600. The standard InChI is InChI=1S/C15H15BrN2O/c16-13-9-12(17)6-5-11(13)10-18-7-8-19-15-4-2-1-3-14(15)18/h1-6,9H,7-8,10,17H2. The SMILES string of the molecule is Nc1ccc(CN2CCOc3ccccc32)c(Br)c1. The van der Waals surface area contributed by atoms with Gasteiger partial charge < -0.3 is 15.4 Å². The third-order valence-electron chi connectivity index (χ3n) is 3.26. The first kappa shape index (κ1) is 12.4. The molecule has 3 nitrogen and oxygen atoms in total. The molecule has 1 heterocycles. The highest BCUT2D eigenvalue weighted by atomic mass is 79.9. The predicted molar refractivity (Wildman–Crippen MR) is 81.5 cm³/mol. The summed E-state index contributed by atoms with van der Waals surface area (Å²) < 4.78 is 6.72. The summed E-state index contributed by atoms with van der Waals surface area (Å²) >= 11 is 3.58. The van der Waals surface area contributed by atoms with Gasteiger partial charge in [-0.2, -0.15) is 0 Å². The molecule has 0 saturated carbocycles. The molecule has 0 unspecified atom stereocenters. The minimum atomic E-state index is 0.726. The molecule has 0 fully saturated rings. The minimum absolute atomic E-state index is 0.726. The van der Waals surface area contributed by atoms with E-state index >= 15 is 0 Å². The van der Waals surface area contributed by atoms with Crippen molar-refractivity contribution in [2.75, 3.05) is 23.8 Å². The van der Waals surface area contributed by atoms with Crippen LogP contribution in [0.5, 0.6) is 5.75 Å². The number of nitrogens with two attached hydrogens (primary N) is 1. The first-order chi connectivity index (χ1) is 9.24. The number of halogens is 1. The zero-order chi connectivity index (χ0) is 13.2. The number of nitrogen functional groups attached to an aromatic ring is 1. The molecule has 2 aromatic rings. The lowest BCUT2D eigenvalue weighted by atomic mass is 10.1. The molecular formula is C15H15BrN2O. The molecular weight excluding hydrogens is 304 g/mol. The molecule has 2 N–H and O–H groups in total. The first-order valence-corrected chi connectivity index (χ1v) is 7.04. The highest BCUT2D eigenvalue weighted by Crippen LogP contribution is 2.33. The molecule has 3 rings (SSSR count). The zero-order valence-corrected chi connectivity index (χ0v) is 12.1. The van der Waals surface area contributed by atoms with Crippen molar-refractivity contribution in [2.45, 2.75) is 6.54 Å². The zero-order valence-electron chi connectivity index (χ0n) is 10.5. The quantitative estimate of drug-likeness (QED) is 0.862. The van der Waals surface area contributed by atoms with Gasteiger partial charge in [-0.15, -0.1) is 0 Å². The summed E-state index contributed by atoms with van der Waals surface area (Å²) in [5.74, 6) is 0.959. The third-order valence-corrected chi connectivity index (χ3v) is 4.00. The van der Waals surface area contributed by atoms with Crippen LogP contribution in [-0.2, 0) is 6.54 Å². The van der Waals surface area contributed by atoms with Gasteiger partial charge in [-0.3, -0.25) is 0 Å². The molecule has 0 amide bonds. The van der Waals surface area contributed by atoms with Crippen molar-refractivity contribution in [2.24, 2.45) is 0 Å². The van der Waals surface area contributed by atoms with Crippen LogP contribution in [0.4, 0.5) is 11.4 Å². The lowest BCUT2D eigenvalue weighted by Gasteiger charge is -2.31. The van der Waals surface area contributed by atoms with Crippen LogP contribution in [-0.4, -0.2) is 13.2 Å². The summed E-state index contributed by atoms with van der Waals surface area (Å²) in [5.41, 5.74) is 8.93. The number of ether oxygens (including phenoxy) is 1. The molecule has 0 spiro atoms. The molecule has 0 aliphatic carbocycles. The molecule has 1 aliphatic rings. The van der Waals surface area contributed by atoms with E-state index in [2.05, 4.69) is 33.0 Å². The van der Waals surface area contributed by atoms with Gasteiger partial charge in [0.2, 0.25) is 0 Å². The second kappa shape index (κ2) is 5.13. The number of anilines is 2. The van der Waals surface area contributed by atoms with Crippen LogP contribution in [0.15, 0.2) is 46.9 Å². The van der Waals surface area contributed by atoms with Crippen LogP contribution in [0.25, 0.3) is 0 Å². The number of benzene rings is 2. The van der Waals surface area contributed by atoms with Gasteiger partial charge in [0.25, 0.3) is 0 Å². The predicted octanol–water partition coefficient (Wildman–Crippen LogP) is 3.43. The van der Waals surface area contributed by atoms with Gasteiger partial charge in [-0.25, -0.2) is 0 Å². The second-order valence-electron chi connectivity index (χ2n) is 4.59. The van der Waals surface area contributed by atoms with E-state index in [0.717, 1.165) is 41.3 Å². The fourth-order valence-electron chi connectivity index (χ4n) is 2.29. The number of rotatable bonds is 2. The molecule has 98 valence electrons. The van der Waals surface area contributed by atoms with Crippen LogP contribution in [0.2, 0.25) is 0 Å². The molecule has 0 radical (unpaired) electrons. The van der Waals surface area contributed by atoms with Crippen LogP contribution >= 0.6 is 15.9 Å². The molecule has 1 aliphatic heterocycles. The highest BCUT2D eigenvalue weighted by molar-refractivity contribution is 9.10. The Morgan fingerprint density at radius 3 is 2.89 bits per heavy atom. The average molecular weight is 319 g/mol. The van der Waals surface area contributed by atoms with E-state index in [1.54, 1.807) is 0 Å². The lowest BCUT2D eigenvalue weighted by Crippen LogP contribution is -2.32. The van der Waals surface area contributed by atoms with Gasteiger partial charge in [0.15, 0.2) is 0 Å². The van der Waals surface area contributed by atoms with Crippen LogP contribution in [0.1, 0.15) is 5.56 Å². The van der Waals surface area contributed by atoms with E-state index in [1.807, 2.05) is 30.3 Å². The Kier molecular flexibility index (Phi) is 3.34. The normalized spacial score (nSPS) is 13.8. The summed E-state index contributed by atoms with van der Waals surface area (Å²) in [5, 5.41) is 0. The van der Waals surface area contributed by atoms with Crippen molar-refractivity contribution in [3.05, 3.63) is 52.5 Å². The van der Waals surface area contributed by atoms with Crippen molar-refractivity contribution in [3.63, 3.8) is 0 Å². The number of fused-ring (bicyclic) bond motifs is 1. The Balaban J connectivity index is 1.88. The molecule has 0 saturated heterocycles. The Hall–Kier alpha value is -1.68. The average Bonchev–Trinajstić information content (AvgIpc) is 2.42. The summed E-state index contributed by atoms with van der Waals surface area (Å²) in [6.07, 6.45) is 0. The van der Waals surface area contributed by atoms with Crippen molar-refractivity contribution < 1.29 is 4.74 Å². The maximum atomic E-state index is 5.77. The minimum Gasteiger partial charge on any atom is -0.490 e. The van der Waals surface area contributed by atoms with E-state index in [4.69, 9.17) is 10.5 Å². The topological polar surface area (TPSA) is 38.5 Å². The fourth-order valence-corrected chi connectivity index (χ4v) is 2.81. The van der Waals surface area contributed by atoms with Gasteiger partial charge >= 0.3 is 0 Å². The van der Waals surface area contributed by atoms with Gasteiger partial charge in [0.05, 0.1) is 12.2 Å². The highest BCUT2D eigenvalue weighted by Gasteiger charge is 2.18. The molecule has 4 heteroatoms. The number of hydrogen-bond acceptors (Lipinski definition) is 3. The van der Waals surface area contributed by atoms with Gasteiger partial charge in [0.1, 0.15) is 12.4 Å². The smallest absolute Gasteiger partial charge is 0.142 e. The maximum absolute atomic E-state index is 5.77. The van der Waals surface area contributed by atoms with E-state index in [9.17, 15) is 0 Å². The van der Waals surface area contributed by atoms with Crippen LogP contribution in [0.3, 0.4) is 0 Å². The summed E-state index contributed by atoms with van der Waals surface area (Å²) in [4.78, 5) is 2.33. The number of para-hydroxylation sites is 2. The van der Waals surface area contributed by atoms with Crippen molar-refractivity contribution in [1.29, 1.82) is 0 Å². The van der Waals surface area contributed by atoms with E-state index in [1.165, 1.54) is 5.56 Å². The first-order valence-electron chi connectivity index (χ1n) is 6.25.